The zero-order valence-electron chi connectivity index (χ0n) is 11.8. The Kier molecular flexibility index (Phi) is 4.23. The predicted molar refractivity (Wildman–Crippen MR) is 75.0 cm³/mol. The van der Waals surface area contributed by atoms with Gasteiger partial charge < -0.3 is 10.1 Å². The van der Waals surface area contributed by atoms with Crippen molar-refractivity contribution in [3.05, 3.63) is 23.4 Å². The first-order valence-electron chi connectivity index (χ1n) is 6.82. The van der Waals surface area contributed by atoms with E-state index < -0.39 is 0 Å². The highest BCUT2D eigenvalue weighted by Gasteiger charge is 2.18. The maximum absolute atomic E-state index is 5.15. The molecule has 1 aromatic heterocycles. The van der Waals surface area contributed by atoms with E-state index in [9.17, 15) is 0 Å². The lowest BCUT2D eigenvalue weighted by Gasteiger charge is -2.25. The fourth-order valence-electron chi connectivity index (χ4n) is 2.32. The first kappa shape index (κ1) is 13.3. The lowest BCUT2D eigenvalue weighted by atomic mass is 9.90. The Balaban J connectivity index is 1.90. The van der Waals surface area contributed by atoms with Crippen LogP contribution in [0.15, 0.2) is 12.1 Å². The van der Waals surface area contributed by atoms with Gasteiger partial charge in [-0.1, -0.05) is 19.9 Å². The lowest BCUT2D eigenvalue weighted by Crippen LogP contribution is -2.25. The van der Waals surface area contributed by atoms with E-state index in [1.807, 2.05) is 0 Å². The van der Waals surface area contributed by atoms with E-state index in [0.717, 1.165) is 31.8 Å². The van der Waals surface area contributed by atoms with Gasteiger partial charge in [0.05, 0.1) is 0 Å². The molecule has 1 N–H and O–H groups in total. The zero-order chi connectivity index (χ0) is 13.0. The van der Waals surface area contributed by atoms with Crippen molar-refractivity contribution in [2.24, 2.45) is 5.41 Å². The van der Waals surface area contributed by atoms with Gasteiger partial charge >= 0.3 is 0 Å². The molecule has 100 valence electrons. The summed E-state index contributed by atoms with van der Waals surface area (Å²) in [5.41, 5.74) is 2.95. The van der Waals surface area contributed by atoms with E-state index in [1.54, 1.807) is 7.11 Å². The van der Waals surface area contributed by atoms with Crippen molar-refractivity contribution >= 4 is 5.82 Å². The highest BCUT2D eigenvalue weighted by molar-refractivity contribution is 5.40. The SMILES string of the molecule is COCCC(C)(C)CNc1ccc2c(n1)CCC2. The van der Waals surface area contributed by atoms with E-state index in [2.05, 4.69) is 31.3 Å². The van der Waals surface area contributed by atoms with Crippen LogP contribution in [0.4, 0.5) is 5.82 Å². The van der Waals surface area contributed by atoms with Gasteiger partial charge in [-0.2, -0.15) is 0 Å². The highest BCUT2D eigenvalue weighted by atomic mass is 16.5. The number of fused-ring (bicyclic) bond motifs is 1. The van der Waals surface area contributed by atoms with Crippen LogP contribution in [0.5, 0.6) is 0 Å². The van der Waals surface area contributed by atoms with Gasteiger partial charge in [0.2, 0.25) is 0 Å². The van der Waals surface area contributed by atoms with E-state index in [0.29, 0.717) is 0 Å². The maximum atomic E-state index is 5.15. The number of hydrogen-bond donors (Lipinski definition) is 1. The van der Waals surface area contributed by atoms with Gasteiger partial charge in [0.15, 0.2) is 0 Å². The molecule has 0 atom stereocenters. The van der Waals surface area contributed by atoms with Crippen LogP contribution in [0, 0.1) is 5.41 Å². The first-order valence-corrected chi connectivity index (χ1v) is 6.82. The van der Waals surface area contributed by atoms with E-state index >= 15 is 0 Å². The quantitative estimate of drug-likeness (QED) is 0.840. The molecule has 0 bridgehead atoms. The number of methoxy groups -OCH3 is 1. The van der Waals surface area contributed by atoms with Crippen LogP contribution >= 0.6 is 0 Å². The number of anilines is 1. The average molecular weight is 248 g/mol. The summed E-state index contributed by atoms with van der Waals surface area (Å²) in [5.74, 6) is 1.01. The molecule has 1 heterocycles. The van der Waals surface area contributed by atoms with Crippen molar-refractivity contribution in [3.8, 4) is 0 Å². The van der Waals surface area contributed by atoms with Gasteiger partial charge in [-0.05, 0) is 42.7 Å². The Morgan fingerprint density at radius 1 is 1.33 bits per heavy atom. The van der Waals surface area contributed by atoms with Crippen molar-refractivity contribution in [3.63, 3.8) is 0 Å². The molecule has 1 aliphatic rings. The second kappa shape index (κ2) is 5.70. The van der Waals surface area contributed by atoms with Crippen molar-refractivity contribution < 1.29 is 4.74 Å². The molecule has 2 rings (SSSR count). The summed E-state index contributed by atoms with van der Waals surface area (Å²) in [6.45, 7) is 6.26. The lowest BCUT2D eigenvalue weighted by molar-refractivity contribution is 0.157. The molecular formula is C15H24N2O. The monoisotopic (exact) mass is 248 g/mol. The molecular weight excluding hydrogens is 224 g/mol. The van der Waals surface area contributed by atoms with Gasteiger partial charge in [-0.15, -0.1) is 0 Å². The normalized spacial score (nSPS) is 14.6. The summed E-state index contributed by atoms with van der Waals surface area (Å²) in [7, 11) is 1.76. The number of nitrogens with zero attached hydrogens (tertiary/aromatic N) is 1. The second-order valence-electron chi connectivity index (χ2n) is 5.92. The molecule has 1 aliphatic carbocycles. The minimum Gasteiger partial charge on any atom is -0.385 e. The fraction of sp³-hybridized carbons (Fsp3) is 0.667. The molecule has 0 unspecified atom stereocenters. The van der Waals surface area contributed by atoms with Crippen molar-refractivity contribution in [1.29, 1.82) is 0 Å². The largest absolute Gasteiger partial charge is 0.385 e. The minimum atomic E-state index is 0.233. The molecule has 0 amide bonds. The number of ether oxygens (including phenoxy) is 1. The Labute approximate surface area is 110 Å². The Hall–Kier alpha value is -1.09. The number of hydrogen-bond acceptors (Lipinski definition) is 3. The zero-order valence-corrected chi connectivity index (χ0v) is 11.8. The molecule has 0 saturated carbocycles. The minimum absolute atomic E-state index is 0.233. The summed E-state index contributed by atoms with van der Waals surface area (Å²) in [4.78, 5) is 4.69. The Morgan fingerprint density at radius 3 is 2.94 bits per heavy atom. The molecule has 0 aliphatic heterocycles. The number of nitrogens with one attached hydrogen (secondary N) is 1. The standard InChI is InChI=1S/C15H24N2O/c1-15(2,9-10-18-3)11-16-14-8-7-12-5-4-6-13(12)17-14/h7-8H,4-6,9-11H2,1-3H3,(H,16,17). The Morgan fingerprint density at radius 2 is 2.17 bits per heavy atom. The first-order chi connectivity index (χ1) is 8.61. The third kappa shape index (κ3) is 3.45. The molecule has 0 saturated heterocycles. The molecule has 0 fully saturated rings. The van der Waals surface area contributed by atoms with Gasteiger partial charge in [0.25, 0.3) is 0 Å². The fourth-order valence-corrected chi connectivity index (χ4v) is 2.32. The van der Waals surface area contributed by atoms with Crippen LogP contribution in [0.3, 0.4) is 0 Å². The van der Waals surface area contributed by atoms with Crippen molar-refractivity contribution in [1.82, 2.24) is 4.98 Å². The van der Waals surface area contributed by atoms with E-state index in [1.165, 1.54) is 24.1 Å². The summed E-state index contributed by atoms with van der Waals surface area (Å²) in [6.07, 6.45) is 4.65. The Bertz CT molecular complexity index is 401. The second-order valence-corrected chi connectivity index (χ2v) is 5.92. The molecule has 3 nitrogen and oxygen atoms in total. The number of pyridine rings is 1. The molecule has 0 radical (unpaired) electrons. The number of aryl methyl sites for hydroxylation is 2. The highest BCUT2D eigenvalue weighted by Crippen LogP contribution is 2.24. The third-order valence-corrected chi connectivity index (χ3v) is 3.66. The average Bonchev–Trinajstić information content (AvgIpc) is 2.81. The van der Waals surface area contributed by atoms with Crippen LogP contribution < -0.4 is 5.32 Å². The smallest absolute Gasteiger partial charge is 0.126 e. The maximum Gasteiger partial charge on any atom is 0.126 e. The molecule has 3 heteroatoms. The summed E-state index contributed by atoms with van der Waals surface area (Å²) >= 11 is 0. The van der Waals surface area contributed by atoms with Crippen molar-refractivity contribution in [2.45, 2.75) is 39.5 Å². The van der Waals surface area contributed by atoms with Crippen LogP contribution in [0.1, 0.15) is 37.9 Å². The summed E-state index contributed by atoms with van der Waals surface area (Å²) in [6, 6.07) is 4.33. The molecule has 1 aromatic rings. The van der Waals surface area contributed by atoms with Crippen LogP contribution in [-0.4, -0.2) is 25.2 Å². The number of rotatable bonds is 6. The van der Waals surface area contributed by atoms with Gasteiger partial charge in [-0.3, -0.25) is 0 Å². The molecule has 0 spiro atoms. The van der Waals surface area contributed by atoms with E-state index in [4.69, 9.17) is 9.72 Å². The van der Waals surface area contributed by atoms with Crippen LogP contribution in [0.2, 0.25) is 0 Å². The third-order valence-electron chi connectivity index (χ3n) is 3.66. The molecule has 0 aromatic carbocycles. The number of aromatic nitrogens is 1. The van der Waals surface area contributed by atoms with Gasteiger partial charge in [0.1, 0.15) is 5.82 Å². The molecule has 18 heavy (non-hydrogen) atoms. The van der Waals surface area contributed by atoms with Gasteiger partial charge in [0, 0.05) is 26.0 Å². The van der Waals surface area contributed by atoms with Crippen molar-refractivity contribution in [2.75, 3.05) is 25.6 Å². The topological polar surface area (TPSA) is 34.1 Å². The predicted octanol–water partition coefficient (Wildman–Crippen LogP) is 3.04. The van der Waals surface area contributed by atoms with Crippen LogP contribution in [0.25, 0.3) is 0 Å². The van der Waals surface area contributed by atoms with Gasteiger partial charge in [-0.25, -0.2) is 4.98 Å². The summed E-state index contributed by atoms with van der Waals surface area (Å²) < 4.78 is 5.15. The van der Waals surface area contributed by atoms with E-state index in [-0.39, 0.29) is 5.41 Å². The summed E-state index contributed by atoms with van der Waals surface area (Å²) in [5, 5.41) is 3.46. The van der Waals surface area contributed by atoms with Crippen LogP contribution in [-0.2, 0) is 17.6 Å².